The Hall–Kier alpha value is -0.0800. The summed E-state index contributed by atoms with van der Waals surface area (Å²) in [7, 11) is 2.21. The van der Waals surface area contributed by atoms with Crippen molar-refractivity contribution in [1.29, 1.82) is 0 Å². The Morgan fingerprint density at radius 2 is 2.17 bits per heavy atom. The molecule has 1 atom stereocenters. The molecule has 72 valence electrons. The number of hydrogen-bond acceptors (Lipinski definition) is 2. The standard InChI is InChI=1S/C10H22N2/c1-4-10(7-6-8-11-10)9-12(3)5-2/h11H,4-9H2,1-3H3. The van der Waals surface area contributed by atoms with Gasteiger partial charge in [0.25, 0.3) is 0 Å². The molecular weight excluding hydrogens is 148 g/mol. The summed E-state index contributed by atoms with van der Waals surface area (Å²) < 4.78 is 0. The van der Waals surface area contributed by atoms with Crippen molar-refractivity contribution in [2.24, 2.45) is 0 Å². The molecule has 2 heteroatoms. The molecule has 1 unspecified atom stereocenters. The number of rotatable bonds is 4. The lowest BCUT2D eigenvalue weighted by molar-refractivity contribution is 0.227. The lowest BCUT2D eigenvalue weighted by Gasteiger charge is -2.32. The second-order valence-corrected chi connectivity index (χ2v) is 3.99. The molecule has 1 fully saturated rings. The fourth-order valence-corrected chi connectivity index (χ4v) is 2.05. The molecule has 0 aromatic rings. The first-order valence-electron chi connectivity index (χ1n) is 5.16. The molecule has 1 heterocycles. The predicted octanol–water partition coefficient (Wildman–Crippen LogP) is 1.47. The normalized spacial score (nSPS) is 30.0. The van der Waals surface area contributed by atoms with Gasteiger partial charge in [-0.1, -0.05) is 13.8 Å². The zero-order valence-corrected chi connectivity index (χ0v) is 8.69. The van der Waals surface area contributed by atoms with E-state index in [9.17, 15) is 0 Å². The zero-order chi connectivity index (χ0) is 9.03. The van der Waals surface area contributed by atoms with E-state index in [0.29, 0.717) is 5.54 Å². The van der Waals surface area contributed by atoms with Gasteiger partial charge in [0.2, 0.25) is 0 Å². The largest absolute Gasteiger partial charge is 0.310 e. The van der Waals surface area contributed by atoms with E-state index in [2.05, 4.69) is 31.1 Å². The van der Waals surface area contributed by atoms with Crippen LogP contribution in [0.15, 0.2) is 0 Å². The molecule has 0 saturated carbocycles. The SMILES string of the molecule is CCN(C)CC1(CC)CCCN1. The molecule has 1 aliphatic rings. The molecule has 0 aromatic heterocycles. The first-order chi connectivity index (χ1) is 5.72. The van der Waals surface area contributed by atoms with Crippen LogP contribution in [0, 0.1) is 0 Å². The Kier molecular flexibility index (Phi) is 3.53. The Morgan fingerprint density at radius 3 is 2.58 bits per heavy atom. The van der Waals surface area contributed by atoms with Gasteiger partial charge < -0.3 is 10.2 Å². The molecule has 0 aliphatic carbocycles. The van der Waals surface area contributed by atoms with Crippen molar-refractivity contribution in [1.82, 2.24) is 10.2 Å². The van der Waals surface area contributed by atoms with E-state index in [1.807, 2.05) is 0 Å². The molecule has 0 amide bonds. The second kappa shape index (κ2) is 4.24. The van der Waals surface area contributed by atoms with Gasteiger partial charge in [0.1, 0.15) is 0 Å². The quantitative estimate of drug-likeness (QED) is 0.687. The van der Waals surface area contributed by atoms with Crippen molar-refractivity contribution < 1.29 is 0 Å². The van der Waals surface area contributed by atoms with Gasteiger partial charge in [-0.15, -0.1) is 0 Å². The van der Waals surface area contributed by atoms with Crippen LogP contribution >= 0.6 is 0 Å². The molecule has 0 bridgehead atoms. The van der Waals surface area contributed by atoms with E-state index in [0.717, 1.165) is 6.54 Å². The maximum Gasteiger partial charge on any atom is 0.0306 e. The summed E-state index contributed by atoms with van der Waals surface area (Å²) in [5.41, 5.74) is 0.435. The van der Waals surface area contributed by atoms with Crippen LogP contribution in [0.25, 0.3) is 0 Å². The molecular formula is C10H22N2. The summed E-state index contributed by atoms with van der Waals surface area (Å²) in [6, 6.07) is 0. The molecule has 1 rings (SSSR count). The minimum absolute atomic E-state index is 0.435. The molecule has 1 aliphatic heterocycles. The summed E-state index contributed by atoms with van der Waals surface area (Å²) >= 11 is 0. The van der Waals surface area contributed by atoms with Crippen molar-refractivity contribution in [2.75, 3.05) is 26.7 Å². The third-order valence-corrected chi connectivity index (χ3v) is 3.12. The molecule has 0 spiro atoms. The molecule has 0 aromatic carbocycles. The highest BCUT2D eigenvalue weighted by atomic mass is 15.1. The van der Waals surface area contributed by atoms with E-state index < -0.39 is 0 Å². The van der Waals surface area contributed by atoms with Crippen molar-refractivity contribution >= 4 is 0 Å². The first-order valence-corrected chi connectivity index (χ1v) is 5.16. The summed E-state index contributed by atoms with van der Waals surface area (Å²) in [4.78, 5) is 2.40. The summed E-state index contributed by atoms with van der Waals surface area (Å²) in [6.07, 6.45) is 3.97. The lowest BCUT2D eigenvalue weighted by Crippen LogP contribution is -2.48. The number of nitrogens with zero attached hydrogens (tertiary/aromatic N) is 1. The van der Waals surface area contributed by atoms with Crippen LogP contribution in [0.2, 0.25) is 0 Å². The molecule has 2 nitrogen and oxygen atoms in total. The first kappa shape index (κ1) is 10.0. The minimum atomic E-state index is 0.435. The van der Waals surface area contributed by atoms with Crippen molar-refractivity contribution in [3.05, 3.63) is 0 Å². The Bertz CT molecular complexity index is 128. The van der Waals surface area contributed by atoms with Crippen LogP contribution < -0.4 is 5.32 Å². The number of likely N-dealkylation sites (N-methyl/N-ethyl adjacent to an activating group) is 1. The predicted molar refractivity (Wildman–Crippen MR) is 53.4 cm³/mol. The van der Waals surface area contributed by atoms with E-state index >= 15 is 0 Å². The van der Waals surface area contributed by atoms with Crippen molar-refractivity contribution in [2.45, 2.75) is 38.6 Å². The van der Waals surface area contributed by atoms with E-state index in [4.69, 9.17) is 0 Å². The highest BCUT2D eigenvalue weighted by Crippen LogP contribution is 2.23. The van der Waals surface area contributed by atoms with Crippen LogP contribution in [0.4, 0.5) is 0 Å². The zero-order valence-electron chi connectivity index (χ0n) is 8.69. The summed E-state index contributed by atoms with van der Waals surface area (Å²) in [5.74, 6) is 0. The Balaban J connectivity index is 2.43. The van der Waals surface area contributed by atoms with Gasteiger partial charge in [0.15, 0.2) is 0 Å². The fourth-order valence-electron chi connectivity index (χ4n) is 2.05. The van der Waals surface area contributed by atoms with Gasteiger partial charge in [0.05, 0.1) is 0 Å². The smallest absolute Gasteiger partial charge is 0.0306 e. The summed E-state index contributed by atoms with van der Waals surface area (Å²) in [5, 5.41) is 3.64. The van der Waals surface area contributed by atoms with Crippen LogP contribution in [0.1, 0.15) is 33.1 Å². The maximum absolute atomic E-state index is 3.64. The molecule has 1 saturated heterocycles. The van der Waals surface area contributed by atoms with E-state index in [1.165, 1.54) is 32.4 Å². The van der Waals surface area contributed by atoms with Crippen LogP contribution in [0.5, 0.6) is 0 Å². The number of nitrogens with one attached hydrogen (secondary N) is 1. The van der Waals surface area contributed by atoms with Gasteiger partial charge in [0, 0.05) is 12.1 Å². The van der Waals surface area contributed by atoms with E-state index in [1.54, 1.807) is 0 Å². The maximum atomic E-state index is 3.64. The molecule has 1 N–H and O–H groups in total. The van der Waals surface area contributed by atoms with Crippen LogP contribution in [0.3, 0.4) is 0 Å². The topological polar surface area (TPSA) is 15.3 Å². The van der Waals surface area contributed by atoms with Gasteiger partial charge in [-0.05, 0) is 39.4 Å². The average Bonchev–Trinajstić information content (AvgIpc) is 2.54. The molecule has 12 heavy (non-hydrogen) atoms. The van der Waals surface area contributed by atoms with Crippen LogP contribution in [-0.2, 0) is 0 Å². The van der Waals surface area contributed by atoms with Crippen molar-refractivity contribution in [3.8, 4) is 0 Å². The van der Waals surface area contributed by atoms with Gasteiger partial charge in [-0.3, -0.25) is 0 Å². The Morgan fingerprint density at radius 1 is 1.42 bits per heavy atom. The third kappa shape index (κ3) is 2.20. The molecule has 0 radical (unpaired) electrons. The van der Waals surface area contributed by atoms with Crippen LogP contribution in [-0.4, -0.2) is 37.1 Å². The monoisotopic (exact) mass is 170 g/mol. The van der Waals surface area contributed by atoms with Gasteiger partial charge >= 0.3 is 0 Å². The minimum Gasteiger partial charge on any atom is -0.310 e. The number of hydrogen-bond donors (Lipinski definition) is 1. The van der Waals surface area contributed by atoms with Crippen molar-refractivity contribution in [3.63, 3.8) is 0 Å². The summed E-state index contributed by atoms with van der Waals surface area (Å²) in [6.45, 7) is 8.09. The third-order valence-electron chi connectivity index (χ3n) is 3.12. The Labute approximate surface area is 76.3 Å². The average molecular weight is 170 g/mol. The fraction of sp³-hybridized carbons (Fsp3) is 1.00. The van der Waals surface area contributed by atoms with Gasteiger partial charge in [-0.2, -0.15) is 0 Å². The highest BCUT2D eigenvalue weighted by Gasteiger charge is 2.31. The second-order valence-electron chi connectivity index (χ2n) is 3.99. The highest BCUT2D eigenvalue weighted by molar-refractivity contribution is 4.93. The lowest BCUT2D eigenvalue weighted by atomic mass is 9.94. The van der Waals surface area contributed by atoms with E-state index in [-0.39, 0.29) is 0 Å². The van der Waals surface area contributed by atoms with Gasteiger partial charge in [-0.25, -0.2) is 0 Å².